The van der Waals surface area contributed by atoms with Crippen LogP contribution in [0.4, 0.5) is 5.69 Å². The van der Waals surface area contributed by atoms with Gasteiger partial charge in [0.25, 0.3) is 0 Å². The lowest BCUT2D eigenvalue weighted by atomic mass is 9.63. The summed E-state index contributed by atoms with van der Waals surface area (Å²) in [5, 5.41) is 0.948. The van der Waals surface area contributed by atoms with E-state index in [2.05, 4.69) is 12.2 Å². The van der Waals surface area contributed by atoms with Crippen molar-refractivity contribution in [2.45, 2.75) is 6.42 Å². The van der Waals surface area contributed by atoms with Crippen LogP contribution in [0, 0.1) is 35.5 Å². The fourth-order valence-electron chi connectivity index (χ4n) is 5.56. The molecule has 1 heterocycles. The molecule has 6 heteroatoms. The molecule has 1 aliphatic heterocycles. The number of carbonyl (C=O) groups excluding carboxylic acids is 2. The third-order valence-corrected chi connectivity index (χ3v) is 7.41. The van der Waals surface area contributed by atoms with Gasteiger partial charge in [-0.2, -0.15) is 0 Å². The van der Waals surface area contributed by atoms with Crippen molar-refractivity contribution < 1.29 is 14.3 Å². The molecule has 4 aliphatic carbocycles. The number of allylic oxidation sites excluding steroid dienone is 2. The van der Waals surface area contributed by atoms with Gasteiger partial charge >= 0.3 is 0 Å². The third kappa shape index (κ3) is 2.52. The summed E-state index contributed by atoms with van der Waals surface area (Å²) in [6.45, 7) is 0. The van der Waals surface area contributed by atoms with Crippen LogP contribution >= 0.6 is 23.2 Å². The fourth-order valence-corrected chi connectivity index (χ4v) is 6.01. The van der Waals surface area contributed by atoms with Crippen LogP contribution < -0.4 is 9.64 Å². The summed E-state index contributed by atoms with van der Waals surface area (Å²) in [6.07, 6.45) is 5.53. The Bertz CT molecular complexity index is 1040. The van der Waals surface area contributed by atoms with Gasteiger partial charge in [-0.1, -0.05) is 35.4 Å². The number of hydrogen-bond acceptors (Lipinski definition) is 3. The van der Waals surface area contributed by atoms with Crippen LogP contribution in [0.2, 0.25) is 10.0 Å². The monoisotopic (exact) mass is 425 g/mol. The first-order chi connectivity index (χ1) is 14.0. The molecule has 0 unspecified atom stereocenters. The van der Waals surface area contributed by atoms with Gasteiger partial charge < -0.3 is 4.74 Å². The molecule has 0 radical (unpaired) electrons. The van der Waals surface area contributed by atoms with Gasteiger partial charge in [0.15, 0.2) is 0 Å². The molecule has 5 aliphatic rings. The van der Waals surface area contributed by atoms with Crippen LogP contribution in [-0.2, 0) is 9.59 Å². The standard InChI is InChI=1S/C23H17Cl2NO3/c24-11-1-8-19(18(25)9-11)29-13-4-2-12(3-5-13)26-22(27)20-14-6-7-15(17-10-16(14)17)21(20)23(26)28/h1-9,14-17,20-21H,10H2/t14-,15-,16-,17+,20+,21+/m0/s1. The summed E-state index contributed by atoms with van der Waals surface area (Å²) in [5.41, 5.74) is 0.594. The number of rotatable bonds is 3. The minimum atomic E-state index is -0.190. The first-order valence-electron chi connectivity index (χ1n) is 9.82. The van der Waals surface area contributed by atoms with Crippen molar-refractivity contribution in [3.8, 4) is 11.5 Å². The van der Waals surface area contributed by atoms with E-state index >= 15 is 0 Å². The Morgan fingerprint density at radius 3 is 2.07 bits per heavy atom. The summed E-state index contributed by atoms with van der Waals surface area (Å²) in [4.78, 5) is 27.7. The lowest BCUT2D eigenvalue weighted by molar-refractivity contribution is -0.124. The first kappa shape index (κ1) is 17.5. The molecule has 0 spiro atoms. The molecule has 2 bridgehead atoms. The Kier molecular flexibility index (Phi) is 3.69. The van der Waals surface area contributed by atoms with Gasteiger partial charge in [-0.3, -0.25) is 14.5 Å². The van der Waals surface area contributed by atoms with Gasteiger partial charge in [0.1, 0.15) is 11.5 Å². The topological polar surface area (TPSA) is 46.6 Å². The van der Waals surface area contributed by atoms with E-state index in [9.17, 15) is 9.59 Å². The van der Waals surface area contributed by atoms with E-state index in [1.165, 1.54) is 4.90 Å². The number of carbonyl (C=O) groups is 2. The number of amides is 2. The van der Waals surface area contributed by atoms with E-state index in [1.807, 2.05) is 0 Å². The molecule has 2 aromatic rings. The first-order valence-corrected chi connectivity index (χ1v) is 10.6. The number of benzene rings is 2. The maximum Gasteiger partial charge on any atom is 0.238 e. The van der Waals surface area contributed by atoms with Gasteiger partial charge in [-0.25, -0.2) is 0 Å². The van der Waals surface area contributed by atoms with Crippen molar-refractivity contribution in [1.82, 2.24) is 0 Å². The second kappa shape index (κ2) is 6.10. The quantitative estimate of drug-likeness (QED) is 0.492. The van der Waals surface area contributed by atoms with E-state index in [0.717, 1.165) is 6.42 Å². The highest BCUT2D eigenvalue weighted by Gasteiger charge is 2.67. The van der Waals surface area contributed by atoms with Gasteiger partial charge in [-0.15, -0.1) is 0 Å². The Hall–Kier alpha value is -2.30. The van der Waals surface area contributed by atoms with E-state index in [4.69, 9.17) is 27.9 Å². The number of halogens is 2. The molecule has 29 heavy (non-hydrogen) atoms. The van der Waals surface area contributed by atoms with Gasteiger partial charge in [0, 0.05) is 5.02 Å². The minimum Gasteiger partial charge on any atom is -0.456 e. The van der Waals surface area contributed by atoms with Gasteiger partial charge in [-0.05, 0) is 72.6 Å². The molecule has 2 saturated carbocycles. The van der Waals surface area contributed by atoms with Crippen molar-refractivity contribution in [2.75, 3.05) is 4.90 Å². The number of hydrogen-bond donors (Lipinski definition) is 0. The highest BCUT2D eigenvalue weighted by molar-refractivity contribution is 6.35. The van der Waals surface area contributed by atoms with Crippen LogP contribution in [0.5, 0.6) is 11.5 Å². The van der Waals surface area contributed by atoms with Crippen LogP contribution in [0.25, 0.3) is 0 Å². The molecular formula is C23H17Cl2NO3. The Morgan fingerprint density at radius 2 is 1.48 bits per heavy atom. The molecule has 7 rings (SSSR count). The Morgan fingerprint density at radius 1 is 0.862 bits per heavy atom. The SMILES string of the molecule is O=C1[C@@H]2[C@H]3C=C[C@@H]([C@@H]4C[C@H]34)[C@H]2C(=O)N1c1ccc(Oc2ccc(Cl)cc2Cl)cc1. The molecule has 3 fully saturated rings. The number of anilines is 1. The zero-order valence-corrected chi connectivity index (χ0v) is 16.8. The predicted molar refractivity (Wildman–Crippen MR) is 110 cm³/mol. The summed E-state index contributed by atoms with van der Waals surface area (Å²) >= 11 is 12.1. The second-order valence-electron chi connectivity index (χ2n) is 8.34. The Labute approximate surface area is 178 Å². The van der Waals surface area contributed by atoms with Crippen LogP contribution in [0.3, 0.4) is 0 Å². The highest BCUT2D eigenvalue weighted by Crippen LogP contribution is 2.65. The van der Waals surface area contributed by atoms with Crippen molar-refractivity contribution in [3.05, 3.63) is 64.7 Å². The zero-order valence-electron chi connectivity index (χ0n) is 15.3. The van der Waals surface area contributed by atoms with E-state index in [0.29, 0.717) is 39.1 Å². The predicted octanol–water partition coefficient (Wildman–Crippen LogP) is 5.34. The maximum absolute atomic E-state index is 13.2. The maximum atomic E-state index is 13.2. The van der Waals surface area contributed by atoms with Crippen molar-refractivity contribution in [3.63, 3.8) is 0 Å². The highest BCUT2D eigenvalue weighted by atomic mass is 35.5. The molecule has 4 nitrogen and oxygen atoms in total. The molecule has 1 saturated heterocycles. The van der Waals surface area contributed by atoms with E-state index < -0.39 is 0 Å². The fraction of sp³-hybridized carbons (Fsp3) is 0.304. The average molecular weight is 426 g/mol. The number of ether oxygens (including phenoxy) is 1. The molecular weight excluding hydrogens is 409 g/mol. The molecule has 146 valence electrons. The summed E-state index contributed by atoms with van der Waals surface area (Å²) < 4.78 is 5.81. The number of nitrogens with zero attached hydrogens (tertiary/aromatic N) is 1. The van der Waals surface area contributed by atoms with E-state index in [1.54, 1.807) is 42.5 Å². The molecule has 2 aromatic carbocycles. The molecule has 0 aromatic heterocycles. The Balaban J connectivity index is 1.26. The zero-order chi connectivity index (χ0) is 19.9. The van der Waals surface area contributed by atoms with Crippen molar-refractivity contribution >= 4 is 40.7 Å². The van der Waals surface area contributed by atoms with Crippen LogP contribution in [-0.4, -0.2) is 11.8 Å². The second-order valence-corrected chi connectivity index (χ2v) is 9.18. The van der Waals surface area contributed by atoms with Crippen molar-refractivity contribution in [2.24, 2.45) is 35.5 Å². The average Bonchev–Trinajstić information content (AvgIpc) is 3.49. The minimum absolute atomic E-state index is 0.0564. The summed E-state index contributed by atoms with van der Waals surface area (Å²) in [5.74, 6) is 2.22. The van der Waals surface area contributed by atoms with Crippen LogP contribution in [0.15, 0.2) is 54.6 Å². The van der Waals surface area contributed by atoms with Crippen molar-refractivity contribution in [1.29, 1.82) is 0 Å². The molecule has 6 atom stereocenters. The third-order valence-electron chi connectivity index (χ3n) is 6.88. The lowest BCUT2D eigenvalue weighted by Crippen LogP contribution is -2.40. The summed E-state index contributed by atoms with van der Waals surface area (Å²) in [6, 6.07) is 12.0. The van der Waals surface area contributed by atoms with Crippen LogP contribution in [0.1, 0.15) is 6.42 Å². The molecule has 2 amide bonds. The lowest BCUT2D eigenvalue weighted by Gasteiger charge is -2.37. The smallest absolute Gasteiger partial charge is 0.238 e. The summed E-state index contributed by atoms with van der Waals surface area (Å²) in [7, 11) is 0. The largest absolute Gasteiger partial charge is 0.456 e. The molecule has 0 N–H and O–H groups in total. The van der Waals surface area contributed by atoms with Gasteiger partial charge in [0.05, 0.1) is 22.5 Å². The van der Waals surface area contributed by atoms with E-state index in [-0.39, 0.29) is 35.5 Å². The number of imide groups is 1. The normalized spacial score (nSPS) is 33.7. The van der Waals surface area contributed by atoms with Gasteiger partial charge in [0.2, 0.25) is 11.8 Å².